The summed E-state index contributed by atoms with van der Waals surface area (Å²) in [4.78, 5) is 42.8. The van der Waals surface area contributed by atoms with Gasteiger partial charge < -0.3 is 29.5 Å². The van der Waals surface area contributed by atoms with Crippen LogP contribution in [0.4, 0.5) is 13.2 Å². The quantitative estimate of drug-likeness (QED) is 0.294. The summed E-state index contributed by atoms with van der Waals surface area (Å²) >= 11 is 0. The molecule has 1 aromatic heterocycles. The number of carboxylic acids is 1. The molecule has 43 heavy (non-hydrogen) atoms. The number of quaternary nitrogens is 1. The van der Waals surface area contributed by atoms with Crippen LogP contribution in [0.25, 0.3) is 0 Å². The standard InChI is InChI=1S/C28H30N4O4.C2HF3O2/c33-26(24-19-29-13-14-30-24)31-15-18-32-16-11-21(12-17-32)25(20-32)36-27(34)28(35,22-7-3-1-4-8-22)23-9-5-2-6-10-23;3-2(4,5)1(6)7/h1-10,13-14,19,21,25,35H,11-12,15-18,20H2;(H,6,7)/t21?,25-,32?;/m0./s1. The molecule has 3 aliphatic rings. The summed E-state index contributed by atoms with van der Waals surface area (Å²) < 4.78 is 38.4. The van der Waals surface area contributed by atoms with Crippen LogP contribution >= 0.6 is 0 Å². The first-order valence-corrected chi connectivity index (χ1v) is 13.7. The summed E-state index contributed by atoms with van der Waals surface area (Å²) in [5.41, 5.74) is -0.622. The van der Waals surface area contributed by atoms with Gasteiger partial charge in [0.25, 0.3) is 5.91 Å². The highest BCUT2D eigenvalue weighted by molar-refractivity contribution is 5.91. The van der Waals surface area contributed by atoms with Gasteiger partial charge in [-0.3, -0.25) is 9.78 Å². The molecule has 3 aliphatic heterocycles. The van der Waals surface area contributed by atoms with Gasteiger partial charge in [-0.2, -0.15) is 13.2 Å². The van der Waals surface area contributed by atoms with Crippen LogP contribution in [0.15, 0.2) is 79.3 Å². The second-order valence-corrected chi connectivity index (χ2v) is 10.6. The highest BCUT2D eigenvalue weighted by Gasteiger charge is 2.50. The van der Waals surface area contributed by atoms with E-state index in [9.17, 15) is 27.9 Å². The molecule has 1 atom stereocenters. The van der Waals surface area contributed by atoms with Gasteiger partial charge >= 0.3 is 12.1 Å². The summed E-state index contributed by atoms with van der Waals surface area (Å²) in [6.45, 7) is 3.90. The van der Waals surface area contributed by atoms with Gasteiger partial charge in [-0.15, -0.1) is 0 Å². The Bertz CT molecular complexity index is 1350. The highest BCUT2D eigenvalue weighted by Crippen LogP contribution is 2.38. The maximum Gasteiger partial charge on any atom is 0.430 e. The van der Waals surface area contributed by atoms with E-state index in [1.807, 2.05) is 12.1 Å². The summed E-state index contributed by atoms with van der Waals surface area (Å²) in [5.74, 6) is -3.62. The molecule has 2 N–H and O–H groups in total. The number of hydrogen-bond donors (Lipinski definition) is 2. The summed E-state index contributed by atoms with van der Waals surface area (Å²) in [6, 6.07) is 17.9. The van der Waals surface area contributed by atoms with E-state index in [1.54, 1.807) is 48.5 Å². The number of ether oxygens (including phenoxy) is 1. The fourth-order valence-electron chi connectivity index (χ4n) is 5.57. The number of fused-ring (bicyclic) bond motifs is 3. The van der Waals surface area contributed by atoms with Crippen molar-refractivity contribution in [3.05, 3.63) is 96.1 Å². The molecule has 0 unspecified atom stereocenters. The molecular formula is C30H31F3N4O6. The van der Waals surface area contributed by atoms with Gasteiger partial charge in [-0.1, -0.05) is 60.7 Å². The lowest BCUT2D eigenvalue weighted by Gasteiger charge is -2.52. The Balaban J connectivity index is 0.000000541. The van der Waals surface area contributed by atoms with Gasteiger partial charge in [0, 0.05) is 31.2 Å². The number of hydrogen-bond acceptors (Lipinski definition) is 8. The van der Waals surface area contributed by atoms with E-state index >= 15 is 0 Å². The second-order valence-electron chi connectivity index (χ2n) is 10.6. The van der Waals surface area contributed by atoms with Crippen molar-refractivity contribution < 1.29 is 47.0 Å². The van der Waals surface area contributed by atoms with Crippen molar-refractivity contribution in [2.24, 2.45) is 5.92 Å². The first-order chi connectivity index (χ1) is 20.4. The lowest BCUT2D eigenvalue weighted by Crippen LogP contribution is -2.66. The predicted octanol–water partition coefficient (Wildman–Crippen LogP) is 1.59. The number of nitrogens with zero attached hydrogens (tertiary/aromatic N) is 3. The number of rotatable bonds is 8. The van der Waals surface area contributed by atoms with E-state index in [4.69, 9.17) is 14.6 Å². The van der Waals surface area contributed by atoms with Crippen molar-refractivity contribution in [1.29, 1.82) is 0 Å². The van der Waals surface area contributed by atoms with E-state index in [2.05, 4.69) is 15.3 Å². The second kappa shape index (κ2) is 13.3. The molecule has 228 valence electrons. The largest absolute Gasteiger partial charge is 0.542 e. The Kier molecular flexibility index (Phi) is 9.77. The van der Waals surface area contributed by atoms with Crippen LogP contribution in [0.5, 0.6) is 0 Å². The van der Waals surface area contributed by atoms with Gasteiger partial charge in [0.15, 0.2) is 6.10 Å². The third-order valence-corrected chi connectivity index (χ3v) is 7.88. The Morgan fingerprint density at radius 3 is 2.02 bits per heavy atom. The molecular weight excluding hydrogens is 569 g/mol. The molecule has 0 spiro atoms. The molecule has 3 fully saturated rings. The first kappa shape index (κ1) is 31.6. The zero-order chi connectivity index (χ0) is 31.1. The summed E-state index contributed by atoms with van der Waals surface area (Å²) in [5, 5.41) is 23.5. The number of amides is 1. The van der Waals surface area contributed by atoms with Crippen LogP contribution in [-0.2, 0) is 19.9 Å². The topological polar surface area (TPSA) is 142 Å². The fraction of sp³-hybridized carbons (Fsp3) is 0.367. The average Bonchev–Trinajstić information content (AvgIpc) is 3.02. The van der Waals surface area contributed by atoms with Crippen molar-refractivity contribution in [3.8, 4) is 0 Å². The average molecular weight is 601 g/mol. The van der Waals surface area contributed by atoms with Crippen molar-refractivity contribution in [2.75, 3.05) is 32.7 Å². The zero-order valence-corrected chi connectivity index (χ0v) is 23.1. The minimum absolute atomic E-state index is 0.244. The van der Waals surface area contributed by atoms with Gasteiger partial charge in [-0.05, 0) is 11.1 Å². The molecule has 2 aromatic carbocycles. The van der Waals surface area contributed by atoms with Crippen molar-refractivity contribution in [1.82, 2.24) is 15.3 Å². The van der Waals surface area contributed by atoms with E-state index in [-0.39, 0.29) is 17.9 Å². The number of carbonyl (C=O) groups excluding carboxylic acids is 3. The van der Waals surface area contributed by atoms with Gasteiger partial charge in [0.1, 0.15) is 18.2 Å². The normalized spacial score (nSPS) is 21.2. The number of carboxylic acid groups (broad SMARTS) is 1. The molecule has 0 saturated carbocycles. The summed E-state index contributed by atoms with van der Waals surface area (Å²) in [6.07, 6.45) is 0.901. The maximum atomic E-state index is 13.6. The monoisotopic (exact) mass is 600 g/mol. The predicted molar refractivity (Wildman–Crippen MR) is 144 cm³/mol. The molecule has 13 heteroatoms. The molecule has 3 aromatic rings. The Morgan fingerprint density at radius 2 is 1.53 bits per heavy atom. The highest BCUT2D eigenvalue weighted by atomic mass is 19.4. The van der Waals surface area contributed by atoms with Gasteiger partial charge in [0.2, 0.25) is 5.60 Å². The van der Waals surface area contributed by atoms with Gasteiger partial charge in [-0.25, -0.2) is 9.78 Å². The molecule has 0 aliphatic carbocycles. The number of piperidine rings is 3. The number of alkyl halides is 3. The fourth-order valence-corrected chi connectivity index (χ4v) is 5.57. The number of aliphatic hydroxyl groups is 1. The first-order valence-electron chi connectivity index (χ1n) is 13.7. The molecule has 6 rings (SSSR count). The van der Waals surface area contributed by atoms with E-state index in [0.717, 1.165) is 37.0 Å². The lowest BCUT2D eigenvalue weighted by atomic mass is 9.82. The van der Waals surface area contributed by atoms with Gasteiger partial charge in [0.05, 0.1) is 32.4 Å². The zero-order valence-electron chi connectivity index (χ0n) is 23.1. The van der Waals surface area contributed by atoms with Crippen molar-refractivity contribution in [2.45, 2.75) is 30.7 Å². The van der Waals surface area contributed by atoms with Crippen LogP contribution in [0.2, 0.25) is 0 Å². The van der Waals surface area contributed by atoms with E-state index in [1.165, 1.54) is 18.6 Å². The number of aromatic nitrogens is 2. The summed E-state index contributed by atoms with van der Waals surface area (Å²) in [7, 11) is 0. The lowest BCUT2D eigenvalue weighted by molar-refractivity contribution is -0.945. The minimum Gasteiger partial charge on any atom is -0.542 e. The molecule has 10 nitrogen and oxygen atoms in total. The maximum absolute atomic E-state index is 13.6. The number of benzene rings is 2. The Hall–Kier alpha value is -4.36. The van der Waals surface area contributed by atoms with Crippen LogP contribution in [0.3, 0.4) is 0 Å². The number of halogens is 3. The van der Waals surface area contributed by atoms with Crippen LogP contribution in [0, 0.1) is 5.92 Å². The number of esters is 1. The molecule has 0 radical (unpaired) electrons. The Morgan fingerprint density at radius 1 is 0.977 bits per heavy atom. The Labute approximate surface area is 245 Å². The SMILES string of the molecule is O=C(NCC[N+]12CCC(CC1)[C@@H](OC(=O)C(O)(c1ccccc1)c1ccccc1)C2)c1cnccn1.O=C([O-])C(F)(F)F. The molecule has 2 bridgehead atoms. The smallest absolute Gasteiger partial charge is 0.430 e. The third kappa shape index (κ3) is 7.54. The van der Waals surface area contributed by atoms with Crippen molar-refractivity contribution >= 4 is 17.8 Å². The molecule has 4 heterocycles. The van der Waals surface area contributed by atoms with E-state index < -0.39 is 23.7 Å². The minimum atomic E-state index is -5.19. The van der Waals surface area contributed by atoms with E-state index in [0.29, 0.717) is 29.9 Å². The van der Waals surface area contributed by atoms with Crippen LogP contribution in [0.1, 0.15) is 34.5 Å². The third-order valence-electron chi connectivity index (χ3n) is 7.88. The number of carbonyl (C=O) groups is 3. The molecule has 3 saturated heterocycles. The number of nitrogens with one attached hydrogen (secondary N) is 1. The van der Waals surface area contributed by atoms with Crippen LogP contribution < -0.4 is 10.4 Å². The molecule has 1 amide bonds. The van der Waals surface area contributed by atoms with Crippen molar-refractivity contribution in [3.63, 3.8) is 0 Å². The van der Waals surface area contributed by atoms with Crippen LogP contribution in [-0.4, -0.2) is 82.4 Å². The number of aliphatic carboxylic acids is 1.